The molecule has 1 fully saturated rings. The topological polar surface area (TPSA) is 87.7 Å². The van der Waals surface area contributed by atoms with Crippen LogP contribution < -0.4 is 10.0 Å². The van der Waals surface area contributed by atoms with E-state index >= 15 is 0 Å². The number of carbonyl (C=O) groups is 1. The summed E-state index contributed by atoms with van der Waals surface area (Å²) in [6, 6.07) is 22.7. The third-order valence-corrected chi connectivity index (χ3v) is 6.80. The number of hydrogen-bond donors (Lipinski definition) is 2. The van der Waals surface area contributed by atoms with Gasteiger partial charge in [-0.15, -0.1) is 0 Å². The normalized spacial score (nSPS) is 14.5. The third-order valence-electron chi connectivity index (χ3n) is 5.41. The fraction of sp³-hybridized carbons (Fsp3) is 0.240. The molecule has 1 saturated heterocycles. The Balaban J connectivity index is 1.32. The highest BCUT2D eigenvalue weighted by molar-refractivity contribution is 7.92. The first-order valence-electron chi connectivity index (χ1n) is 10.8. The minimum Gasteiger partial charge on any atom is -0.379 e. The van der Waals surface area contributed by atoms with Gasteiger partial charge in [0.25, 0.3) is 15.9 Å². The molecule has 0 radical (unpaired) electrons. The quantitative estimate of drug-likeness (QED) is 0.533. The summed E-state index contributed by atoms with van der Waals surface area (Å²) < 4.78 is 32.8. The van der Waals surface area contributed by atoms with Gasteiger partial charge in [-0.3, -0.25) is 14.4 Å². The van der Waals surface area contributed by atoms with Crippen LogP contribution in [0.4, 0.5) is 5.69 Å². The number of carbonyl (C=O) groups excluding carboxylic acids is 1. The van der Waals surface area contributed by atoms with Crippen LogP contribution in [0.3, 0.4) is 0 Å². The smallest absolute Gasteiger partial charge is 0.261 e. The maximum Gasteiger partial charge on any atom is 0.261 e. The molecule has 1 amide bonds. The van der Waals surface area contributed by atoms with E-state index in [9.17, 15) is 13.2 Å². The summed E-state index contributed by atoms with van der Waals surface area (Å²) in [4.78, 5) is 15.1. The van der Waals surface area contributed by atoms with Gasteiger partial charge in [0.1, 0.15) is 0 Å². The predicted octanol–water partition coefficient (Wildman–Crippen LogP) is 3.25. The summed E-state index contributed by atoms with van der Waals surface area (Å²) in [6.07, 6.45) is 0. The van der Waals surface area contributed by atoms with Crippen molar-refractivity contribution in [2.24, 2.45) is 0 Å². The number of rotatable bonds is 8. The molecule has 0 saturated carbocycles. The highest BCUT2D eigenvalue weighted by atomic mass is 32.2. The van der Waals surface area contributed by atoms with Gasteiger partial charge in [-0.2, -0.15) is 0 Å². The van der Waals surface area contributed by atoms with Crippen molar-refractivity contribution in [3.8, 4) is 0 Å². The molecular weight excluding hydrogens is 438 g/mol. The molecule has 0 aliphatic carbocycles. The van der Waals surface area contributed by atoms with Gasteiger partial charge in [-0.25, -0.2) is 8.42 Å². The fourth-order valence-electron chi connectivity index (χ4n) is 3.64. The minimum absolute atomic E-state index is 0.183. The molecule has 1 aliphatic rings. The Bertz CT molecular complexity index is 1180. The van der Waals surface area contributed by atoms with Crippen LogP contribution >= 0.6 is 0 Å². The second-order valence-corrected chi connectivity index (χ2v) is 9.57. The molecule has 8 heteroatoms. The van der Waals surface area contributed by atoms with Gasteiger partial charge in [0, 0.05) is 37.4 Å². The summed E-state index contributed by atoms with van der Waals surface area (Å²) in [7, 11) is -3.67. The Morgan fingerprint density at radius 3 is 2.30 bits per heavy atom. The van der Waals surface area contributed by atoms with Crippen molar-refractivity contribution in [3.63, 3.8) is 0 Å². The highest BCUT2D eigenvalue weighted by Crippen LogP contribution is 2.17. The van der Waals surface area contributed by atoms with E-state index in [-0.39, 0.29) is 10.8 Å². The Hall–Kier alpha value is -3.20. The molecule has 33 heavy (non-hydrogen) atoms. The standard InChI is InChI=1S/C25H27N3O4S/c29-25(26-18-20-5-4-6-21(17-20)19-28-13-15-32-16-14-28)22-9-11-23(12-10-22)27-33(30,31)24-7-2-1-3-8-24/h1-12,17,27H,13-16,18-19H2,(H,26,29). The maximum atomic E-state index is 12.6. The molecule has 0 spiro atoms. The van der Waals surface area contributed by atoms with E-state index in [1.165, 1.54) is 17.7 Å². The van der Waals surface area contributed by atoms with E-state index in [4.69, 9.17) is 4.74 Å². The first-order chi connectivity index (χ1) is 16.0. The van der Waals surface area contributed by atoms with Crippen molar-refractivity contribution in [1.82, 2.24) is 10.2 Å². The van der Waals surface area contributed by atoms with Crippen LogP contribution in [-0.4, -0.2) is 45.5 Å². The van der Waals surface area contributed by atoms with Crippen molar-refractivity contribution < 1.29 is 17.9 Å². The van der Waals surface area contributed by atoms with E-state index in [0.717, 1.165) is 38.4 Å². The third kappa shape index (κ3) is 6.41. The van der Waals surface area contributed by atoms with Gasteiger partial charge in [0.05, 0.1) is 18.1 Å². The second-order valence-electron chi connectivity index (χ2n) is 7.89. The Labute approximate surface area is 194 Å². The van der Waals surface area contributed by atoms with Crippen LogP contribution in [-0.2, 0) is 27.8 Å². The van der Waals surface area contributed by atoms with Gasteiger partial charge >= 0.3 is 0 Å². The number of hydrogen-bond acceptors (Lipinski definition) is 5. The van der Waals surface area contributed by atoms with Crippen LogP contribution in [0.15, 0.2) is 83.8 Å². The lowest BCUT2D eigenvalue weighted by Gasteiger charge is -2.26. The van der Waals surface area contributed by atoms with Gasteiger partial charge < -0.3 is 10.1 Å². The second kappa shape index (κ2) is 10.6. The number of anilines is 1. The molecule has 172 valence electrons. The summed E-state index contributed by atoms with van der Waals surface area (Å²) in [6.45, 7) is 4.67. The molecule has 0 aromatic heterocycles. The Morgan fingerprint density at radius 2 is 1.58 bits per heavy atom. The minimum atomic E-state index is -3.67. The number of sulfonamides is 1. The number of benzene rings is 3. The fourth-order valence-corrected chi connectivity index (χ4v) is 4.72. The molecule has 2 N–H and O–H groups in total. The molecule has 3 aromatic rings. The van der Waals surface area contributed by atoms with Crippen LogP contribution in [0, 0.1) is 0 Å². The highest BCUT2D eigenvalue weighted by Gasteiger charge is 2.14. The van der Waals surface area contributed by atoms with Crippen molar-refractivity contribution in [2.45, 2.75) is 18.0 Å². The zero-order chi connectivity index (χ0) is 23.1. The van der Waals surface area contributed by atoms with E-state index in [1.807, 2.05) is 12.1 Å². The first kappa shape index (κ1) is 23.0. The summed E-state index contributed by atoms with van der Waals surface area (Å²) in [5.74, 6) is -0.217. The van der Waals surface area contributed by atoms with E-state index in [1.54, 1.807) is 42.5 Å². The Morgan fingerprint density at radius 1 is 0.879 bits per heavy atom. The summed E-state index contributed by atoms with van der Waals surface area (Å²) in [5.41, 5.74) is 3.09. The lowest BCUT2D eigenvalue weighted by atomic mass is 10.1. The molecule has 3 aromatic carbocycles. The molecular formula is C25H27N3O4S. The lowest BCUT2D eigenvalue weighted by Crippen LogP contribution is -2.35. The zero-order valence-corrected chi connectivity index (χ0v) is 19.1. The monoisotopic (exact) mass is 465 g/mol. The summed E-state index contributed by atoms with van der Waals surface area (Å²) >= 11 is 0. The van der Waals surface area contributed by atoms with E-state index in [0.29, 0.717) is 17.8 Å². The average molecular weight is 466 g/mol. The SMILES string of the molecule is O=C(NCc1cccc(CN2CCOCC2)c1)c1ccc(NS(=O)(=O)c2ccccc2)cc1. The van der Waals surface area contributed by atoms with E-state index < -0.39 is 10.0 Å². The van der Waals surface area contributed by atoms with Crippen LogP contribution in [0.25, 0.3) is 0 Å². The first-order valence-corrected chi connectivity index (χ1v) is 12.3. The van der Waals surface area contributed by atoms with Crippen molar-refractivity contribution in [2.75, 3.05) is 31.0 Å². The van der Waals surface area contributed by atoms with Gasteiger partial charge in [-0.05, 0) is 47.5 Å². The van der Waals surface area contributed by atoms with Gasteiger partial charge in [-0.1, -0.05) is 42.5 Å². The largest absolute Gasteiger partial charge is 0.379 e. The summed E-state index contributed by atoms with van der Waals surface area (Å²) in [5, 5.41) is 2.93. The van der Waals surface area contributed by atoms with Crippen LogP contribution in [0.1, 0.15) is 21.5 Å². The number of morpholine rings is 1. The number of nitrogens with one attached hydrogen (secondary N) is 2. The average Bonchev–Trinajstić information content (AvgIpc) is 2.84. The van der Waals surface area contributed by atoms with Gasteiger partial charge in [0.2, 0.25) is 0 Å². The molecule has 0 bridgehead atoms. The molecule has 0 unspecified atom stereocenters. The molecule has 1 aliphatic heterocycles. The number of nitrogens with zero attached hydrogens (tertiary/aromatic N) is 1. The maximum absolute atomic E-state index is 12.6. The number of ether oxygens (including phenoxy) is 1. The molecule has 1 heterocycles. The Kier molecular flexibility index (Phi) is 7.39. The number of amides is 1. The van der Waals surface area contributed by atoms with Crippen LogP contribution in [0.5, 0.6) is 0 Å². The van der Waals surface area contributed by atoms with Crippen molar-refractivity contribution >= 4 is 21.6 Å². The molecule has 4 rings (SSSR count). The van der Waals surface area contributed by atoms with Gasteiger partial charge in [0.15, 0.2) is 0 Å². The zero-order valence-electron chi connectivity index (χ0n) is 18.2. The molecule has 7 nitrogen and oxygen atoms in total. The van der Waals surface area contributed by atoms with Crippen molar-refractivity contribution in [3.05, 3.63) is 95.6 Å². The van der Waals surface area contributed by atoms with E-state index in [2.05, 4.69) is 27.1 Å². The van der Waals surface area contributed by atoms with Crippen molar-refractivity contribution in [1.29, 1.82) is 0 Å². The predicted molar refractivity (Wildman–Crippen MR) is 127 cm³/mol. The van der Waals surface area contributed by atoms with Crippen LogP contribution in [0.2, 0.25) is 0 Å². The lowest BCUT2D eigenvalue weighted by molar-refractivity contribution is 0.0342. The molecule has 0 atom stereocenters.